The zero-order chi connectivity index (χ0) is 16.8. The molecule has 0 aliphatic heterocycles. The number of nitrogens with two attached hydrogens (primary N) is 1. The van der Waals surface area contributed by atoms with Gasteiger partial charge in [-0.05, 0) is 18.8 Å². The highest BCUT2D eigenvalue weighted by Crippen LogP contribution is 2.34. The van der Waals surface area contributed by atoms with E-state index in [1.165, 1.54) is 0 Å². The van der Waals surface area contributed by atoms with Crippen molar-refractivity contribution in [3.8, 4) is 17.2 Å². The lowest BCUT2D eigenvalue weighted by Gasteiger charge is -2.17. The normalized spacial score (nSPS) is 19.3. The summed E-state index contributed by atoms with van der Waals surface area (Å²) in [6.07, 6.45) is 3.63. The van der Waals surface area contributed by atoms with Crippen molar-refractivity contribution >= 4 is 18.3 Å². The fraction of sp³-hybridized carbons (Fsp3) is 0.588. The molecule has 1 amide bonds. The van der Waals surface area contributed by atoms with Gasteiger partial charge in [-0.1, -0.05) is 6.42 Å². The van der Waals surface area contributed by atoms with E-state index >= 15 is 0 Å². The van der Waals surface area contributed by atoms with Crippen LogP contribution in [0.2, 0.25) is 0 Å². The minimum Gasteiger partial charge on any atom is -0.496 e. The third-order valence-corrected chi connectivity index (χ3v) is 4.44. The molecule has 3 N–H and O–H groups in total. The van der Waals surface area contributed by atoms with Crippen LogP contribution in [0.25, 0.3) is 0 Å². The quantitative estimate of drug-likeness (QED) is 0.781. The number of halogens is 1. The van der Waals surface area contributed by atoms with Gasteiger partial charge in [0.2, 0.25) is 5.91 Å². The maximum atomic E-state index is 12.2. The Morgan fingerprint density at radius 2 is 1.79 bits per heavy atom. The van der Waals surface area contributed by atoms with E-state index in [-0.39, 0.29) is 30.3 Å². The zero-order valence-electron chi connectivity index (χ0n) is 14.5. The molecule has 0 spiro atoms. The molecular weight excluding hydrogens is 332 g/mol. The second-order valence-electron chi connectivity index (χ2n) is 5.85. The lowest BCUT2D eigenvalue weighted by molar-refractivity contribution is -0.122. The summed E-state index contributed by atoms with van der Waals surface area (Å²) in [4.78, 5) is 12.2. The molecule has 0 unspecified atom stereocenters. The third-order valence-electron chi connectivity index (χ3n) is 4.44. The Balaban J connectivity index is 0.00000288. The number of ether oxygens (including phenoxy) is 3. The summed E-state index contributed by atoms with van der Waals surface area (Å²) in [6, 6.07) is 3.69. The number of methoxy groups -OCH3 is 3. The van der Waals surface area contributed by atoms with Crippen molar-refractivity contribution in [1.29, 1.82) is 0 Å². The van der Waals surface area contributed by atoms with Crippen LogP contribution in [0.4, 0.5) is 0 Å². The summed E-state index contributed by atoms with van der Waals surface area (Å²) in [5.74, 6) is 2.19. The highest BCUT2D eigenvalue weighted by molar-refractivity contribution is 5.85. The number of nitrogens with one attached hydrogen (secondary N) is 1. The van der Waals surface area contributed by atoms with Crippen LogP contribution in [-0.2, 0) is 11.3 Å². The van der Waals surface area contributed by atoms with E-state index < -0.39 is 0 Å². The Bertz CT molecular complexity index is 528. The molecule has 1 saturated carbocycles. The summed E-state index contributed by atoms with van der Waals surface area (Å²) < 4.78 is 16.0. The van der Waals surface area contributed by atoms with E-state index in [2.05, 4.69) is 5.32 Å². The van der Waals surface area contributed by atoms with Crippen LogP contribution in [0.1, 0.15) is 31.2 Å². The zero-order valence-corrected chi connectivity index (χ0v) is 15.3. The van der Waals surface area contributed by atoms with Crippen LogP contribution < -0.4 is 25.3 Å². The predicted molar refractivity (Wildman–Crippen MR) is 95.1 cm³/mol. The number of hydrogen-bond donors (Lipinski definition) is 2. The van der Waals surface area contributed by atoms with Gasteiger partial charge in [0.25, 0.3) is 0 Å². The average Bonchev–Trinajstić information content (AvgIpc) is 2.96. The van der Waals surface area contributed by atoms with Gasteiger partial charge in [-0.2, -0.15) is 0 Å². The Hall–Kier alpha value is -1.66. The number of amides is 1. The Labute approximate surface area is 149 Å². The van der Waals surface area contributed by atoms with Crippen molar-refractivity contribution in [2.45, 2.75) is 38.3 Å². The minimum absolute atomic E-state index is 0. The standard InChI is InChI=1S/C17H26N2O4.ClH/c1-21-12-8-15(22-2)13(16(9-12)23-3)10-19-17(20)7-11-5-4-6-14(11)18;/h8-9,11,14H,4-7,10,18H2,1-3H3,(H,19,20);1H/t11-,14+;/m0./s1. The first-order valence-electron chi connectivity index (χ1n) is 7.90. The molecule has 1 aliphatic rings. The fourth-order valence-corrected chi connectivity index (χ4v) is 3.07. The molecule has 1 aliphatic carbocycles. The van der Waals surface area contributed by atoms with Gasteiger partial charge in [0.1, 0.15) is 17.2 Å². The first-order chi connectivity index (χ1) is 11.1. The van der Waals surface area contributed by atoms with E-state index in [9.17, 15) is 4.79 Å². The Morgan fingerprint density at radius 3 is 2.25 bits per heavy atom. The second-order valence-corrected chi connectivity index (χ2v) is 5.85. The topological polar surface area (TPSA) is 82.8 Å². The molecule has 136 valence electrons. The molecule has 1 aromatic rings. The molecular formula is C17H27ClN2O4. The number of hydrogen-bond acceptors (Lipinski definition) is 5. The summed E-state index contributed by atoms with van der Waals surface area (Å²) >= 11 is 0. The second kappa shape index (κ2) is 9.59. The van der Waals surface area contributed by atoms with Crippen molar-refractivity contribution in [3.63, 3.8) is 0 Å². The molecule has 0 radical (unpaired) electrons. The number of rotatable bonds is 7. The summed E-state index contributed by atoms with van der Waals surface area (Å²) in [6.45, 7) is 0.344. The van der Waals surface area contributed by atoms with Crippen LogP contribution in [0.5, 0.6) is 17.2 Å². The maximum Gasteiger partial charge on any atom is 0.220 e. The van der Waals surface area contributed by atoms with Gasteiger partial charge >= 0.3 is 0 Å². The van der Waals surface area contributed by atoms with Gasteiger partial charge in [0.05, 0.1) is 33.4 Å². The molecule has 1 aromatic carbocycles. The molecule has 24 heavy (non-hydrogen) atoms. The monoisotopic (exact) mass is 358 g/mol. The summed E-state index contributed by atoms with van der Waals surface area (Å²) in [5, 5.41) is 2.94. The van der Waals surface area contributed by atoms with Crippen molar-refractivity contribution in [3.05, 3.63) is 17.7 Å². The minimum atomic E-state index is 0. The van der Waals surface area contributed by atoms with E-state index in [0.717, 1.165) is 24.8 Å². The van der Waals surface area contributed by atoms with Gasteiger partial charge < -0.3 is 25.3 Å². The molecule has 1 fully saturated rings. The Kier molecular flexibility index (Phi) is 8.15. The van der Waals surface area contributed by atoms with E-state index in [0.29, 0.717) is 30.2 Å². The molecule has 0 aromatic heterocycles. The highest BCUT2D eigenvalue weighted by atomic mass is 35.5. The van der Waals surface area contributed by atoms with Crippen LogP contribution in [-0.4, -0.2) is 33.3 Å². The highest BCUT2D eigenvalue weighted by Gasteiger charge is 2.26. The number of carbonyl (C=O) groups excluding carboxylic acids is 1. The van der Waals surface area contributed by atoms with E-state index in [1.54, 1.807) is 33.5 Å². The molecule has 6 nitrogen and oxygen atoms in total. The molecule has 0 heterocycles. The fourth-order valence-electron chi connectivity index (χ4n) is 3.07. The predicted octanol–water partition coefficient (Wildman–Crippen LogP) is 2.27. The van der Waals surface area contributed by atoms with Crippen molar-refractivity contribution in [2.75, 3.05) is 21.3 Å². The number of benzene rings is 1. The molecule has 7 heteroatoms. The molecule has 0 bridgehead atoms. The lowest BCUT2D eigenvalue weighted by atomic mass is 10.00. The van der Waals surface area contributed by atoms with Crippen LogP contribution in [0.3, 0.4) is 0 Å². The van der Waals surface area contributed by atoms with Gasteiger partial charge in [0, 0.05) is 24.6 Å². The van der Waals surface area contributed by atoms with Gasteiger partial charge in [0.15, 0.2) is 0 Å². The average molecular weight is 359 g/mol. The summed E-state index contributed by atoms with van der Waals surface area (Å²) in [5.41, 5.74) is 6.82. The maximum absolute atomic E-state index is 12.2. The largest absolute Gasteiger partial charge is 0.496 e. The smallest absolute Gasteiger partial charge is 0.220 e. The van der Waals surface area contributed by atoms with Gasteiger partial charge in [-0.15, -0.1) is 12.4 Å². The van der Waals surface area contributed by atoms with Gasteiger partial charge in [-0.25, -0.2) is 0 Å². The SMILES string of the molecule is COc1cc(OC)c(CNC(=O)C[C@@H]2CCC[C@H]2N)c(OC)c1.Cl. The van der Waals surface area contributed by atoms with E-state index in [4.69, 9.17) is 19.9 Å². The third kappa shape index (κ3) is 4.92. The Morgan fingerprint density at radius 1 is 1.17 bits per heavy atom. The van der Waals surface area contributed by atoms with Gasteiger partial charge in [-0.3, -0.25) is 4.79 Å². The first kappa shape index (κ1) is 20.4. The first-order valence-corrected chi connectivity index (χ1v) is 7.90. The van der Waals surface area contributed by atoms with Crippen LogP contribution >= 0.6 is 12.4 Å². The van der Waals surface area contributed by atoms with Crippen molar-refractivity contribution < 1.29 is 19.0 Å². The van der Waals surface area contributed by atoms with Crippen molar-refractivity contribution in [2.24, 2.45) is 11.7 Å². The lowest BCUT2D eigenvalue weighted by Crippen LogP contribution is -2.31. The summed E-state index contributed by atoms with van der Waals surface area (Å²) in [7, 11) is 4.74. The molecule has 2 atom stereocenters. The molecule has 0 saturated heterocycles. The van der Waals surface area contributed by atoms with Crippen LogP contribution in [0, 0.1) is 5.92 Å². The van der Waals surface area contributed by atoms with E-state index in [1.807, 2.05) is 0 Å². The van der Waals surface area contributed by atoms with Crippen molar-refractivity contribution in [1.82, 2.24) is 5.32 Å². The van der Waals surface area contributed by atoms with Crippen LogP contribution in [0.15, 0.2) is 12.1 Å². The number of carbonyl (C=O) groups is 1. The molecule has 2 rings (SSSR count).